The van der Waals surface area contributed by atoms with Crippen LogP contribution in [0, 0.1) is 6.92 Å². The van der Waals surface area contributed by atoms with Gasteiger partial charge in [-0.3, -0.25) is 4.79 Å². The Balaban J connectivity index is 2.27. The van der Waals surface area contributed by atoms with Crippen molar-refractivity contribution in [3.05, 3.63) is 65.2 Å². The van der Waals surface area contributed by atoms with Crippen LogP contribution in [0.25, 0.3) is 6.08 Å². The monoisotopic (exact) mass is 282 g/mol. The second kappa shape index (κ2) is 6.75. The molecule has 2 aromatic carbocycles. The van der Waals surface area contributed by atoms with Gasteiger partial charge in [-0.1, -0.05) is 35.9 Å². The molecule has 0 saturated carbocycles. The van der Waals surface area contributed by atoms with Crippen LogP contribution in [0.1, 0.15) is 21.5 Å². The molecule has 0 spiro atoms. The van der Waals surface area contributed by atoms with Gasteiger partial charge in [0.15, 0.2) is 17.3 Å². The maximum absolute atomic E-state index is 12.2. The van der Waals surface area contributed by atoms with Crippen LogP contribution < -0.4 is 9.47 Å². The van der Waals surface area contributed by atoms with Crippen LogP contribution in [-0.2, 0) is 0 Å². The summed E-state index contributed by atoms with van der Waals surface area (Å²) >= 11 is 0. The zero-order chi connectivity index (χ0) is 15.2. The molecule has 0 atom stereocenters. The molecular weight excluding hydrogens is 264 g/mol. The van der Waals surface area contributed by atoms with Gasteiger partial charge in [0.05, 0.1) is 14.2 Å². The highest BCUT2D eigenvalue weighted by atomic mass is 16.5. The largest absolute Gasteiger partial charge is 0.493 e. The van der Waals surface area contributed by atoms with E-state index < -0.39 is 0 Å². The first-order valence-electron chi connectivity index (χ1n) is 6.65. The van der Waals surface area contributed by atoms with E-state index >= 15 is 0 Å². The van der Waals surface area contributed by atoms with Gasteiger partial charge in [-0.2, -0.15) is 0 Å². The molecule has 0 unspecified atom stereocenters. The number of allylic oxidation sites excluding steroid dienone is 1. The minimum absolute atomic E-state index is 0.0384. The summed E-state index contributed by atoms with van der Waals surface area (Å²) < 4.78 is 10.6. The average Bonchev–Trinajstić information content (AvgIpc) is 2.51. The maximum atomic E-state index is 12.2. The third-order valence-corrected chi connectivity index (χ3v) is 3.15. The number of hydrogen-bond acceptors (Lipinski definition) is 3. The van der Waals surface area contributed by atoms with Crippen LogP contribution in [0.5, 0.6) is 11.5 Å². The number of aryl methyl sites for hydroxylation is 1. The molecule has 0 aliphatic heterocycles. The zero-order valence-corrected chi connectivity index (χ0v) is 12.4. The van der Waals surface area contributed by atoms with Gasteiger partial charge < -0.3 is 9.47 Å². The Kier molecular flexibility index (Phi) is 4.77. The van der Waals surface area contributed by atoms with Crippen LogP contribution in [0.3, 0.4) is 0 Å². The average molecular weight is 282 g/mol. The van der Waals surface area contributed by atoms with Crippen LogP contribution in [0.4, 0.5) is 0 Å². The first kappa shape index (κ1) is 14.9. The summed E-state index contributed by atoms with van der Waals surface area (Å²) in [6, 6.07) is 13.1. The lowest BCUT2D eigenvalue weighted by Gasteiger charge is -2.09. The van der Waals surface area contributed by atoms with Crippen molar-refractivity contribution in [3.8, 4) is 11.5 Å². The number of ketones is 1. The summed E-state index contributed by atoms with van der Waals surface area (Å²) in [6.45, 7) is 1.96. The van der Waals surface area contributed by atoms with Crippen molar-refractivity contribution in [1.82, 2.24) is 0 Å². The third-order valence-electron chi connectivity index (χ3n) is 3.15. The molecule has 0 N–H and O–H groups in total. The molecule has 0 amide bonds. The highest BCUT2D eigenvalue weighted by molar-refractivity contribution is 6.07. The Labute approximate surface area is 124 Å². The van der Waals surface area contributed by atoms with Crippen molar-refractivity contribution < 1.29 is 14.3 Å². The number of hydrogen-bond donors (Lipinski definition) is 0. The van der Waals surface area contributed by atoms with E-state index in [1.807, 2.05) is 49.4 Å². The summed E-state index contributed by atoms with van der Waals surface area (Å²) in [4.78, 5) is 12.2. The Morgan fingerprint density at radius 1 is 1.05 bits per heavy atom. The van der Waals surface area contributed by atoms with Gasteiger partial charge in [0.25, 0.3) is 0 Å². The minimum Gasteiger partial charge on any atom is -0.493 e. The number of carbonyl (C=O) groups excluding carboxylic acids is 1. The second-order valence-corrected chi connectivity index (χ2v) is 4.65. The molecule has 2 rings (SSSR count). The summed E-state index contributed by atoms with van der Waals surface area (Å²) in [5.74, 6) is 1.22. The first-order valence-corrected chi connectivity index (χ1v) is 6.65. The van der Waals surface area contributed by atoms with E-state index in [1.165, 1.54) is 0 Å². The maximum Gasteiger partial charge on any atom is 0.185 e. The van der Waals surface area contributed by atoms with Crippen molar-refractivity contribution in [3.63, 3.8) is 0 Å². The number of methoxy groups -OCH3 is 2. The van der Waals surface area contributed by atoms with E-state index in [4.69, 9.17) is 9.47 Å². The molecule has 0 saturated heterocycles. The quantitative estimate of drug-likeness (QED) is 0.616. The zero-order valence-electron chi connectivity index (χ0n) is 12.4. The molecule has 3 heteroatoms. The van der Waals surface area contributed by atoms with Gasteiger partial charge in [-0.15, -0.1) is 0 Å². The standard InChI is InChI=1S/C18H18O3/c1-13-6-4-8-15(12-13)16(19)11-10-14-7-5-9-17(20-2)18(14)21-3/h4-12H,1-3H3. The van der Waals surface area contributed by atoms with E-state index in [-0.39, 0.29) is 5.78 Å². The number of carbonyl (C=O) groups is 1. The second-order valence-electron chi connectivity index (χ2n) is 4.65. The molecule has 108 valence electrons. The normalized spacial score (nSPS) is 10.6. The van der Waals surface area contributed by atoms with E-state index in [0.29, 0.717) is 17.1 Å². The molecule has 0 aliphatic carbocycles. The molecule has 0 fully saturated rings. The summed E-state index contributed by atoms with van der Waals surface area (Å²) in [5.41, 5.74) is 2.54. The van der Waals surface area contributed by atoms with Crippen LogP contribution in [-0.4, -0.2) is 20.0 Å². The smallest absolute Gasteiger partial charge is 0.185 e. The van der Waals surface area contributed by atoms with Gasteiger partial charge in [-0.25, -0.2) is 0 Å². The Hall–Kier alpha value is -2.55. The van der Waals surface area contributed by atoms with E-state index in [9.17, 15) is 4.79 Å². The SMILES string of the molecule is COc1cccc(C=CC(=O)c2cccc(C)c2)c1OC. The fourth-order valence-corrected chi connectivity index (χ4v) is 2.10. The lowest BCUT2D eigenvalue weighted by atomic mass is 10.1. The molecule has 0 heterocycles. The van der Waals surface area contributed by atoms with Gasteiger partial charge in [0.1, 0.15) is 0 Å². The van der Waals surface area contributed by atoms with E-state index in [1.54, 1.807) is 26.4 Å². The summed E-state index contributed by atoms with van der Waals surface area (Å²) in [7, 11) is 3.17. The summed E-state index contributed by atoms with van der Waals surface area (Å²) in [6.07, 6.45) is 3.29. The lowest BCUT2D eigenvalue weighted by molar-refractivity contribution is 0.104. The molecule has 3 nitrogen and oxygen atoms in total. The van der Waals surface area contributed by atoms with Crippen molar-refractivity contribution in [2.75, 3.05) is 14.2 Å². The van der Waals surface area contributed by atoms with Gasteiger partial charge in [0, 0.05) is 11.1 Å². The van der Waals surface area contributed by atoms with Gasteiger partial charge >= 0.3 is 0 Å². The highest BCUT2D eigenvalue weighted by Crippen LogP contribution is 2.31. The third kappa shape index (κ3) is 3.51. The Morgan fingerprint density at radius 2 is 1.81 bits per heavy atom. The molecular formula is C18H18O3. The van der Waals surface area contributed by atoms with Crippen molar-refractivity contribution in [2.45, 2.75) is 6.92 Å². The van der Waals surface area contributed by atoms with Crippen molar-refractivity contribution >= 4 is 11.9 Å². The van der Waals surface area contributed by atoms with Gasteiger partial charge in [0.2, 0.25) is 0 Å². The fourth-order valence-electron chi connectivity index (χ4n) is 2.10. The number of para-hydroxylation sites is 1. The van der Waals surface area contributed by atoms with Crippen molar-refractivity contribution in [2.24, 2.45) is 0 Å². The first-order chi connectivity index (χ1) is 10.2. The van der Waals surface area contributed by atoms with Crippen molar-refractivity contribution in [1.29, 1.82) is 0 Å². The molecule has 0 aromatic heterocycles. The predicted molar refractivity (Wildman–Crippen MR) is 84.1 cm³/mol. The van der Waals surface area contributed by atoms with Gasteiger partial charge in [-0.05, 0) is 31.2 Å². The molecule has 0 radical (unpaired) electrons. The fraction of sp³-hybridized carbons (Fsp3) is 0.167. The number of ether oxygens (including phenoxy) is 2. The molecule has 21 heavy (non-hydrogen) atoms. The molecule has 2 aromatic rings. The van der Waals surface area contributed by atoms with Crippen LogP contribution >= 0.6 is 0 Å². The Morgan fingerprint density at radius 3 is 2.48 bits per heavy atom. The van der Waals surface area contributed by atoms with E-state index in [0.717, 1.165) is 11.1 Å². The minimum atomic E-state index is -0.0384. The topological polar surface area (TPSA) is 35.5 Å². The van der Waals surface area contributed by atoms with E-state index in [2.05, 4.69) is 0 Å². The predicted octanol–water partition coefficient (Wildman–Crippen LogP) is 3.91. The molecule has 0 bridgehead atoms. The summed E-state index contributed by atoms with van der Waals surface area (Å²) in [5, 5.41) is 0. The highest BCUT2D eigenvalue weighted by Gasteiger charge is 2.08. The van der Waals surface area contributed by atoms with Crippen LogP contribution in [0.15, 0.2) is 48.5 Å². The number of rotatable bonds is 5. The van der Waals surface area contributed by atoms with Crippen LogP contribution in [0.2, 0.25) is 0 Å². The Bertz CT molecular complexity index is 672. The lowest BCUT2D eigenvalue weighted by Crippen LogP contribution is -1.95. The molecule has 0 aliphatic rings. The number of benzene rings is 2.